The summed E-state index contributed by atoms with van der Waals surface area (Å²) in [7, 11) is 1.75. The van der Waals surface area contributed by atoms with Gasteiger partial charge in [0, 0.05) is 6.54 Å². The third-order valence-corrected chi connectivity index (χ3v) is 4.18. The molecule has 5 nitrogen and oxygen atoms in total. The maximum Gasteiger partial charge on any atom is 0.237 e. The predicted molar refractivity (Wildman–Crippen MR) is 80.5 cm³/mol. The zero-order chi connectivity index (χ0) is 14.9. The summed E-state index contributed by atoms with van der Waals surface area (Å²) in [5.74, 6) is -0.337. The number of hydrogen-bond acceptors (Lipinski definition) is 3. The second-order valence-electron chi connectivity index (χ2n) is 5.56. The highest BCUT2D eigenvalue weighted by Crippen LogP contribution is 2.20. The van der Waals surface area contributed by atoms with E-state index in [0.29, 0.717) is 13.0 Å². The number of primary amides is 1. The van der Waals surface area contributed by atoms with Crippen LogP contribution in [0.25, 0.3) is 11.0 Å². The number of carbonyl (C=O) groups is 1. The average Bonchev–Trinajstić information content (AvgIpc) is 2.78. The molecule has 1 aromatic carbocycles. The van der Waals surface area contributed by atoms with E-state index in [4.69, 9.17) is 5.73 Å². The van der Waals surface area contributed by atoms with Gasteiger partial charge in [-0.1, -0.05) is 0 Å². The molecule has 108 valence electrons. The Morgan fingerprint density at radius 3 is 2.65 bits per heavy atom. The van der Waals surface area contributed by atoms with Crippen molar-refractivity contribution in [1.82, 2.24) is 14.9 Å². The molecule has 1 heterocycles. The number of rotatable bonds is 5. The molecule has 3 N–H and O–H groups in total. The lowest BCUT2D eigenvalue weighted by Crippen LogP contribution is -2.52. The molecule has 0 aliphatic heterocycles. The van der Waals surface area contributed by atoms with Gasteiger partial charge in [-0.3, -0.25) is 4.79 Å². The number of nitrogens with one attached hydrogen (secondary N) is 1. The van der Waals surface area contributed by atoms with E-state index in [1.807, 2.05) is 13.3 Å². The van der Waals surface area contributed by atoms with Gasteiger partial charge in [-0.2, -0.15) is 0 Å². The SMILES string of the molecule is CNC(C)(CCn1cnc2cc(C)c(C)cc21)C(N)=O. The van der Waals surface area contributed by atoms with Gasteiger partial charge in [-0.15, -0.1) is 0 Å². The molecule has 0 saturated heterocycles. The van der Waals surface area contributed by atoms with E-state index in [1.165, 1.54) is 11.1 Å². The van der Waals surface area contributed by atoms with Crippen LogP contribution in [-0.2, 0) is 11.3 Å². The van der Waals surface area contributed by atoms with Crippen LogP contribution in [-0.4, -0.2) is 28.0 Å². The zero-order valence-corrected chi connectivity index (χ0v) is 12.5. The van der Waals surface area contributed by atoms with Gasteiger partial charge in [0.1, 0.15) is 0 Å². The highest BCUT2D eigenvalue weighted by atomic mass is 16.1. The minimum absolute atomic E-state index is 0.337. The van der Waals surface area contributed by atoms with Crippen LogP contribution in [0.15, 0.2) is 18.5 Å². The number of aryl methyl sites for hydroxylation is 3. The van der Waals surface area contributed by atoms with Gasteiger partial charge in [0.25, 0.3) is 0 Å². The molecule has 0 spiro atoms. The number of likely N-dealkylation sites (N-methyl/N-ethyl adjacent to an activating group) is 1. The first-order valence-corrected chi connectivity index (χ1v) is 6.78. The Morgan fingerprint density at radius 2 is 2.05 bits per heavy atom. The van der Waals surface area contributed by atoms with Crippen molar-refractivity contribution in [2.75, 3.05) is 7.05 Å². The van der Waals surface area contributed by atoms with E-state index in [-0.39, 0.29) is 5.91 Å². The van der Waals surface area contributed by atoms with Crippen molar-refractivity contribution in [1.29, 1.82) is 0 Å². The highest BCUT2D eigenvalue weighted by Gasteiger charge is 2.28. The van der Waals surface area contributed by atoms with Gasteiger partial charge < -0.3 is 15.6 Å². The number of carbonyl (C=O) groups excluding carboxylic acids is 1. The second kappa shape index (κ2) is 5.25. The number of hydrogen-bond donors (Lipinski definition) is 2. The molecular weight excluding hydrogens is 252 g/mol. The summed E-state index contributed by atoms with van der Waals surface area (Å²) in [6.45, 7) is 6.69. The maximum absolute atomic E-state index is 11.5. The van der Waals surface area contributed by atoms with E-state index in [2.05, 4.69) is 40.8 Å². The number of fused-ring (bicyclic) bond motifs is 1. The Labute approximate surface area is 119 Å². The summed E-state index contributed by atoms with van der Waals surface area (Å²) in [6, 6.07) is 4.23. The van der Waals surface area contributed by atoms with E-state index < -0.39 is 5.54 Å². The molecule has 0 saturated carbocycles. The van der Waals surface area contributed by atoms with Crippen LogP contribution < -0.4 is 11.1 Å². The van der Waals surface area contributed by atoms with Crippen LogP contribution in [0.5, 0.6) is 0 Å². The van der Waals surface area contributed by atoms with Crippen LogP contribution >= 0.6 is 0 Å². The van der Waals surface area contributed by atoms with E-state index in [1.54, 1.807) is 7.05 Å². The summed E-state index contributed by atoms with van der Waals surface area (Å²) >= 11 is 0. The van der Waals surface area contributed by atoms with E-state index >= 15 is 0 Å². The van der Waals surface area contributed by atoms with Crippen LogP contribution in [0, 0.1) is 13.8 Å². The smallest absolute Gasteiger partial charge is 0.237 e. The number of nitrogens with two attached hydrogens (primary N) is 1. The van der Waals surface area contributed by atoms with Crippen molar-refractivity contribution >= 4 is 16.9 Å². The van der Waals surface area contributed by atoms with Crippen molar-refractivity contribution in [2.24, 2.45) is 5.73 Å². The zero-order valence-electron chi connectivity index (χ0n) is 12.5. The van der Waals surface area contributed by atoms with Crippen molar-refractivity contribution in [2.45, 2.75) is 39.3 Å². The molecule has 5 heteroatoms. The number of amides is 1. The summed E-state index contributed by atoms with van der Waals surface area (Å²) in [5.41, 5.74) is 9.31. The normalized spacial score (nSPS) is 14.4. The molecule has 20 heavy (non-hydrogen) atoms. The first-order chi connectivity index (χ1) is 9.37. The summed E-state index contributed by atoms with van der Waals surface area (Å²) in [6.07, 6.45) is 2.44. The summed E-state index contributed by atoms with van der Waals surface area (Å²) in [4.78, 5) is 15.9. The Balaban J connectivity index is 2.27. The second-order valence-corrected chi connectivity index (χ2v) is 5.56. The predicted octanol–water partition coefficient (Wildman–Crippen LogP) is 1.51. The van der Waals surface area contributed by atoms with Gasteiger partial charge >= 0.3 is 0 Å². The number of imidazole rings is 1. The first-order valence-electron chi connectivity index (χ1n) is 6.78. The van der Waals surface area contributed by atoms with Crippen molar-refractivity contribution in [3.63, 3.8) is 0 Å². The maximum atomic E-state index is 11.5. The molecule has 1 unspecified atom stereocenters. The molecule has 2 rings (SSSR count). The van der Waals surface area contributed by atoms with Gasteiger partial charge in [0.15, 0.2) is 0 Å². The molecule has 1 aromatic heterocycles. The molecular formula is C15H22N4O. The Morgan fingerprint density at radius 1 is 1.40 bits per heavy atom. The van der Waals surface area contributed by atoms with E-state index in [9.17, 15) is 4.79 Å². The van der Waals surface area contributed by atoms with Crippen LogP contribution in [0.1, 0.15) is 24.5 Å². The number of benzene rings is 1. The quantitative estimate of drug-likeness (QED) is 0.868. The standard InChI is InChI=1S/C15H22N4O/c1-10-7-12-13(8-11(10)2)19(9-18-12)6-5-15(3,17-4)14(16)20/h7-9,17H,5-6H2,1-4H3,(H2,16,20). The lowest BCUT2D eigenvalue weighted by molar-refractivity contribution is -0.123. The van der Waals surface area contributed by atoms with Crippen molar-refractivity contribution in [3.8, 4) is 0 Å². The van der Waals surface area contributed by atoms with Gasteiger partial charge in [0.2, 0.25) is 5.91 Å². The first kappa shape index (κ1) is 14.5. The molecule has 2 aromatic rings. The lowest BCUT2D eigenvalue weighted by Gasteiger charge is -2.25. The third-order valence-electron chi connectivity index (χ3n) is 4.18. The number of nitrogens with zero attached hydrogens (tertiary/aromatic N) is 2. The van der Waals surface area contributed by atoms with E-state index in [0.717, 1.165) is 11.0 Å². The Kier molecular flexibility index (Phi) is 3.81. The fraction of sp³-hybridized carbons (Fsp3) is 0.467. The van der Waals surface area contributed by atoms with Crippen molar-refractivity contribution in [3.05, 3.63) is 29.6 Å². The Hall–Kier alpha value is -1.88. The minimum atomic E-state index is -0.698. The molecule has 1 amide bonds. The molecule has 0 bridgehead atoms. The molecule has 0 fully saturated rings. The molecule has 0 aliphatic carbocycles. The van der Waals surface area contributed by atoms with Crippen LogP contribution in [0.4, 0.5) is 0 Å². The number of aromatic nitrogens is 2. The van der Waals surface area contributed by atoms with Gasteiger partial charge in [-0.05, 0) is 57.5 Å². The fourth-order valence-corrected chi connectivity index (χ4v) is 2.21. The highest BCUT2D eigenvalue weighted by molar-refractivity contribution is 5.84. The summed E-state index contributed by atoms with van der Waals surface area (Å²) < 4.78 is 2.07. The lowest BCUT2D eigenvalue weighted by atomic mass is 9.97. The van der Waals surface area contributed by atoms with Crippen LogP contribution in [0.3, 0.4) is 0 Å². The Bertz CT molecular complexity index is 647. The van der Waals surface area contributed by atoms with Crippen LogP contribution in [0.2, 0.25) is 0 Å². The third kappa shape index (κ3) is 2.54. The fourth-order valence-electron chi connectivity index (χ4n) is 2.21. The molecule has 0 aliphatic rings. The minimum Gasteiger partial charge on any atom is -0.368 e. The van der Waals surface area contributed by atoms with Gasteiger partial charge in [0.05, 0.1) is 22.9 Å². The van der Waals surface area contributed by atoms with Gasteiger partial charge in [-0.25, -0.2) is 4.98 Å². The monoisotopic (exact) mass is 274 g/mol. The molecule has 1 atom stereocenters. The molecule has 0 radical (unpaired) electrons. The topological polar surface area (TPSA) is 72.9 Å². The largest absolute Gasteiger partial charge is 0.368 e. The summed E-state index contributed by atoms with van der Waals surface area (Å²) in [5, 5.41) is 3.00. The average molecular weight is 274 g/mol. The van der Waals surface area contributed by atoms with Crippen molar-refractivity contribution < 1.29 is 4.79 Å².